The molecule has 0 saturated carbocycles. The summed E-state index contributed by atoms with van der Waals surface area (Å²) in [5, 5.41) is -0.0567. The fourth-order valence-corrected chi connectivity index (χ4v) is 3.95. The smallest absolute Gasteiger partial charge is 0.316 e. The first-order valence-corrected chi connectivity index (χ1v) is 8.89. The van der Waals surface area contributed by atoms with E-state index in [2.05, 4.69) is 4.18 Å². The molecular formula is C14H16F5NO4S. The van der Waals surface area contributed by atoms with Gasteiger partial charge in [-0.15, -0.1) is 0 Å². The predicted octanol–water partition coefficient (Wildman–Crippen LogP) is 2.90. The molecule has 1 aromatic carbocycles. The van der Waals surface area contributed by atoms with Gasteiger partial charge in [0.1, 0.15) is 5.25 Å². The van der Waals surface area contributed by atoms with Crippen LogP contribution in [-0.4, -0.2) is 38.4 Å². The molecule has 1 aliphatic rings. The lowest BCUT2D eigenvalue weighted by molar-refractivity contribution is -0.110. The van der Waals surface area contributed by atoms with Crippen molar-refractivity contribution in [2.45, 2.75) is 37.5 Å². The monoisotopic (exact) mass is 389 g/mol. The minimum absolute atomic E-state index is 0.359. The van der Waals surface area contributed by atoms with Gasteiger partial charge in [-0.25, -0.2) is 13.2 Å². The Labute approximate surface area is 141 Å². The zero-order chi connectivity index (χ0) is 18.9. The van der Waals surface area contributed by atoms with Crippen LogP contribution < -0.4 is 4.18 Å². The average Bonchev–Trinajstić information content (AvgIpc) is 2.95. The molecule has 25 heavy (non-hydrogen) atoms. The van der Waals surface area contributed by atoms with Crippen molar-refractivity contribution in [2.75, 3.05) is 13.7 Å². The largest absolute Gasteiger partial charge is 0.376 e. The first-order valence-electron chi connectivity index (χ1n) is 7.42. The molecule has 11 heteroatoms. The van der Waals surface area contributed by atoms with Crippen molar-refractivity contribution in [3.8, 4) is 5.75 Å². The third-order valence-electron chi connectivity index (χ3n) is 3.93. The Balaban J connectivity index is 2.36. The summed E-state index contributed by atoms with van der Waals surface area (Å²) in [4.78, 5) is 5.10. The molecule has 0 aromatic heterocycles. The van der Waals surface area contributed by atoms with Gasteiger partial charge in [0, 0.05) is 7.05 Å². The number of hydroxylamine groups is 2. The molecule has 142 valence electrons. The van der Waals surface area contributed by atoms with E-state index in [0.29, 0.717) is 12.8 Å². The highest BCUT2D eigenvalue weighted by Crippen LogP contribution is 2.33. The van der Waals surface area contributed by atoms with Crippen LogP contribution in [0.25, 0.3) is 0 Å². The lowest BCUT2D eigenvalue weighted by atomic mass is 10.1. The standard InChI is InChI=1S/C14H16F5NO4S/c1-3-4-5-7-8(6-23-20(7)2)25(21,22)24-14-12(18)10(16)9(15)11(17)13(14)19/h7-8H,3-6H2,1-2H3/t7-,8+/m1/s1. The number of hydrogen-bond acceptors (Lipinski definition) is 5. The third kappa shape index (κ3) is 3.72. The van der Waals surface area contributed by atoms with Crippen molar-refractivity contribution in [1.29, 1.82) is 0 Å². The van der Waals surface area contributed by atoms with E-state index in [4.69, 9.17) is 4.84 Å². The van der Waals surface area contributed by atoms with Gasteiger partial charge in [0.2, 0.25) is 34.8 Å². The normalized spacial score (nSPS) is 21.7. The number of unbranched alkanes of at least 4 members (excludes halogenated alkanes) is 1. The van der Waals surface area contributed by atoms with Gasteiger partial charge < -0.3 is 4.18 Å². The average molecular weight is 389 g/mol. The Hall–Kier alpha value is -1.46. The van der Waals surface area contributed by atoms with Gasteiger partial charge in [0.05, 0.1) is 12.6 Å². The molecule has 1 saturated heterocycles. The molecule has 5 nitrogen and oxygen atoms in total. The second-order valence-electron chi connectivity index (χ2n) is 5.57. The summed E-state index contributed by atoms with van der Waals surface area (Å²) in [5.41, 5.74) is 0. The van der Waals surface area contributed by atoms with Crippen LogP contribution in [0, 0.1) is 29.1 Å². The van der Waals surface area contributed by atoms with Crippen LogP contribution in [0.4, 0.5) is 22.0 Å². The summed E-state index contributed by atoms with van der Waals surface area (Å²) in [6, 6.07) is -0.675. The van der Waals surface area contributed by atoms with Crippen LogP contribution in [-0.2, 0) is 15.0 Å². The van der Waals surface area contributed by atoms with Crippen LogP contribution in [0.15, 0.2) is 0 Å². The molecule has 0 radical (unpaired) electrons. The summed E-state index contributed by atoms with van der Waals surface area (Å²) < 4.78 is 95.7. The number of rotatable bonds is 6. The van der Waals surface area contributed by atoms with Crippen molar-refractivity contribution in [3.05, 3.63) is 29.1 Å². The van der Waals surface area contributed by atoms with E-state index < -0.39 is 56.2 Å². The summed E-state index contributed by atoms with van der Waals surface area (Å²) >= 11 is 0. The highest BCUT2D eigenvalue weighted by molar-refractivity contribution is 7.87. The SMILES string of the molecule is CCCC[C@@H]1[C@@H](S(=O)(=O)Oc2c(F)c(F)c(F)c(F)c2F)CON1C. The Morgan fingerprint density at radius 2 is 1.60 bits per heavy atom. The maximum Gasteiger partial charge on any atom is 0.316 e. The number of halogens is 5. The van der Waals surface area contributed by atoms with Crippen LogP contribution >= 0.6 is 0 Å². The summed E-state index contributed by atoms with van der Waals surface area (Å²) in [6.45, 7) is 1.52. The molecule has 2 rings (SSSR count). The molecule has 1 aromatic rings. The predicted molar refractivity (Wildman–Crippen MR) is 76.6 cm³/mol. The van der Waals surface area contributed by atoms with Gasteiger partial charge in [0.15, 0.2) is 0 Å². The first kappa shape index (κ1) is 19.9. The maximum absolute atomic E-state index is 13.6. The molecule has 1 heterocycles. The number of nitrogens with zero attached hydrogens (tertiary/aromatic N) is 1. The Morgan fingerprint density at radius 1 is 1.08 bits per heavy atom. The van der Waals surface area contributed by atoms with Gasteiger partial charge in [-0.2, -0.15) is 22.3 Å². The molecule has 0 unspecified atom stereocenters. The fourth-order valence-electron chi connectivity index (χ4n) is 2.52. The van der Waals surface area contributed by atoms with Crippen LogP contribution in [0.3, 0.4) is 0 Å². The minimum atomic E-state index is -4.72. The van der Waals surface area contributed by atoms with E-state index in [1.54, 1.807) is 0 Å². The lowest BCUT2D eigenvalue weighted by Gasteiger charge is -2.22. The second-order valence-corrected chi connectivity index (χ2v) is 7.32. The number of benzene rings is 1. The summed E-state index contributed by atoms with van der Waals surface area (Å²) in [7, 11) is -3.24. The highest BCUT2D eigenvalue weighted by atomic mass is 32.2. The van der Waals surface area contributed by atoms with Gasteiger partial charge in [-0.1, -0.05) is 19.8 Å². The third-order valence-corrected chi connectivity index (χ3v) is 5.52. The highest BCUT2D eigenvalue weighted by Gasteiger charge is 2.44. The number of hydrogen-bond donors (Lipinski definition) is 0. The van der Waals surface area contributed by atoms with E-state index in [9.17, 15) is 30.4 Å². The van der Waals surface area contributed by atoms with Gasteiger partial charge >= 0.3 is 10.1 Å². The molecular weight excluding hydrogens is 373 g/mol. The zero-order valence-corrected chi connectivity index (χ0v) is 14.2. The summed E-state index contributed by atoms with van der Waals surface area (Å²) in [5.74, 6) is -13.5. The van der Waals surface area contributed by atoms with E-state index in [1.807, 2.05) is 6.92 Å². The fraction of sp³-hybridized carbons (Fsp3) is 0.571. The quantitative estimate of drug-likeness (QED) is 0.324. The van der Waals surface area contributed by atoms with Gasteiger partial charge in [0.25, 0.3) is 0 Å². The van der Waals surface area contributed by atoms with Crippen molar-refractivity contribution in [3.63, 3.8) is 0 Å². The second kappa shape index (κ2) is 7.42. The zero-order valence-electron chi connectivity index (χ0n) is 13.4. The molecule has 0 N–H and O–H groups in total. The maximum atomic E-state index is 13.6. The topological polar surface area (TPSA) is 55.8 Å². The molecule has 1 fully saturated rings. The Morgan fingerprint density at radius 3 is 2.12 bits per heavy atom. The van der Waals surface area contributed by atoms with Crippen LogP contribution in [0.1, 0.15) is 26.2 Å². The molecule has 0 spiro atoms. The van der Waals surface area contributed by atoms with Gasteiger partial charge in [-0.3, -0.25) is 4.84 Å². The molecule has 0 amide bonds. The van der Waals surface area contributed by atoms with Crippen molar-refractivity contribution in [1.82, 2.24) is 5.06 Å². The van der Waals surface area contributed by atoms with Crippen molar-refractivity contribution < 1.29 is 39.4 Å². The molecule has 0 bridgehead atoms. The lowest BCUT2D eigenvalue weighted by Crippen LogP contribution is -2.40. The Bertz CT molecular complexity index is 729. The van der Waals surface area contributed by atoms with Crippen molar-refractivity contribution in [2.24, 2.45) is 0 Å². The molecule has 2 atom stereocenters. The molecule has 1 aliphatic heterocycles. The van der Waals surface area contributed by atoms with Crippen LogP contribution in [0.5, 0.6) is 5.75 Å². The Kier molecular flexibility index (Phi) is 5.89. The summed E-state index contributed by atoms with van der Waals surface area (Å²) in [6.07, 6.45) is 1.79. The molecule has 0 aliphatic carbocycles. The minimum Gasteiger partial charge on any atom is -0.376 e. The first-order chi connectivity index (χ1) is 11.6. The van der Waals surface area contributed by atoms with Crippen LogP contribution in [0.2, 0.25) is 0 Å². The van der Waals surface area contributed by atoms with Gasteiger partial charge in [-0.05, 0) is 6.42 Å². The van der Waals surface area contributed by atoms with E-state index in [1.165, 1.54) is 12.1 Å². The van der Waals surface area contributed by atoms with Crippen molar-refractivity contribution >= 4 is 10.1 Å². The van der Waals surface area contributed by atoms with E-state index >= 15 is 0 Å². The van der Waals surface area contributed by atoms with E-state index in [0.717, 1.165) is 6.42 Å². The van der Waals surface area contributed by atoms with E-state index in [-0.39, 0.29) is 6.61 Å².